The molecule has 30 heavy (non-hydrogen) atoms. The number of amides is 1. The van der Waals surface area contributed by atoms with Crippen LogP contribution in [0.5, 0.6) is 11.5 Å². The Balaban J connectivity index is 1.77. The maximum Gasteiger partial charge on any atom is 0.311 e. The number of hydrogen-bond acceptors (Lipinski definition) is 7. The third-order valence-corrected chi connectivity index (χ3v) is 6.50. The van der Waals surface area contributed by atoms with Gasteiger partial charge in [0.15, 0.2) is 11.5 Å². The van der Waals surface area contributed by atoms with Crippen LogP contribution in [0, 0.1) is 5.92 Å². The zero-order valence-corrected chi connectivity index (χ0v) is 18.7. The molecule has 3 rings (SSSR count). The Morgan fingerprint density at radius 2 is 1.90 bits per heavy atom. The van der Waals surface area contributed by atoms with E-state index in [1.165, 1.54) is 12.2 Å². The average Bonchev–Trinajstić information content (AvgIpc) is 3.02. The minimum Gasteiger partial charge on any atom is -0.493 e. The Hall–Kier alpha value is -2.03. The number of hydroxylamine groups is 2. The molecule has 166 valence electrons. The number of benzene rings is 1. The first-order chi connectivity index (χ1) is 14.4. The quantitative estimate of drug-likeness (QED) is 0.603. The van der Waals surface area contributed by atoms with Crippen molar-refractivity contribution in [1.29, 1.82) is 0 Å². The number of ether oxygens (including phenoxy) is 3. The Bertz CT molecular complexity index is 794. The van der Waals surface area contributed by atoms with E-state index in [0.717, 1.165) is 5.56 Å². The van der Waals surface area contributed by atoms with Crippen molar-refractivity contribution in [3.8, 4) is 11.5 Å². The van der Waals surface area contributed by atoms with Gasteiger partial charge in [0.05, 0.1) is 44.4 Å². The maximum atomic E-state index is 12.6. The van der Waals surface area contributed by atoms with Crippen molar-refractivity contribution in [3.05, 3.63) is 22.7 Å². The van der Waals surface area contributed by atoms with Gasteiger partial charge in [-0.05, 0) is 31.4 Å². The molecule has 0 saturated carbocycles. The summed E-state index contributed by atoms with van der Waals surface area (Å²) in [5.41, 5.74) is 0.261. The van der Waals surface area contributed by atoms with Crippen molar-refractivity contribution in [1.82, 2.24) is 9.96 Å². The number of likely N-dealkylation sites (tertiary alicyclic amines) is 1. The summed E-state index contributed by atoms with van der Waals surface area (Å²) in [6.07, 6.45) is 1.35. The lowest BCUT2D eigenvalue weighted by Gasteiger charge is -2.45. The van der Waals surface area contributed by atoms with Crippen molar-refractivity contribution in [3.63, 3.8) is 0 Å². The third kappa shape index (κ3) is 3.96. The Labute approximate surface area is 181 Å². The molecule has 1 amide bonds. The number of carbonyl (C=O) groups excluding carboxylic acids is 2. The number of methoxy groups -OCH3 is 3. The van der Waals surface area contributed by atoms with Gasteiger partial charge in [0, 0.05) is 26.1 Å². The number of rotatable bonds is 7. The van der Waals surface area contributed by atoms with Crippen LogP contribution in [0.4, 0.5) is 0 Å². The first-order valence-corrected chi connectivity index (χ1v) is 10.4. The SMILES string of the molecule is CCON1C(=O)CC(C(=O)OC)C12CCN(Cc1ccc(OC)c(OC)c1Cl)CC2. The molecule has 8 nitrogen and oxygen atoms in total. The van der Waals surface area contributed by atoms with Crippen LogP contribution in [-0.2, 0) is 25.7 Å². The minimum absolute atomic E-state index is 0.119. The van der Waals surface area contributed by atoms with Crippen LogP contribution < -0.4 is 9.47 Å². The first-order valence-electron chi connectivity index (χ1n) is 10.1. The summed E-state index contributed by atoms with van der Waals surface area (Å²) < 4.78 is 15.7. The van der Waals surface area contributed by atoms with E-state index in [2.05, 4.69) is 4.90 Å². The molecule has 1 atom stereocenters. The fraction of sp³-hybridized carbons (Fsp3) is 0.619. The smallest absolute Gasteiger partial charge is 0.311 e. The molecule has 0 bridgehead atoms. The van der Waals surface area contributed by atoms with Crippen LogP contribution in [0.15, 0.2) is 12.1 Å². The first kappa shape index (κ1) is 22.7. The zero-order valence-electron chi connectivity index (χ0n) is 17.9. The molecule has 2 aliphatic heterocycles. The molecule has 2 heterocycles. The molecule has 1 spiro atoms. The summed E-state index contributed by atoms with van der Waals surface area (Å²) in [7, 11) is 4.49. The monoisotopic (exact) mass is 440 g/mol. The van der Waals surface area contributed by atoms with Gasteiger partial charge in [-0.1, -0.05) is 17.7 Å². The maximum absolute atomic E-state index is 12.6. The summed E-state index contributed by atoms with van der Waals surface area (Å²) in [6, 6.07) is 3.77. The van der Waals surface area contributed by atoms with Gasteiger partial charge in [-0.15, -0.1) is 0 Å². The van der Waals surface area contributed by atoms with Crippen LogP contribution in [0.25, 0.3) is 0 Å². The van der Waals surface area contributed by atoms with E-state index in [0.29, 0.717) is 55.6 Å². The predicted molar refractivity (Wildman–Crippen MR) is 110 cm³/mol. The third-order valence-electron chi connectivity index (χ3n) is 6.08. The molecule has 1 unspecified atom stereocenters. The number of hydrogen-bond donors (Lipinski definition) is 0. The van der Waals surface area contributed by atoms with E-state index in [1.807, 2.05) is 19.1 Å². The summed E-state index contributed by atoms with van der Waals surface area (Å²) in [5, 5.41) is 1.96. The van der Waals surface area contributed by atoms with Gasteiger partial charge in [-0.2, -0.15) is 0 Å². The van der Waals surface area contributed by atoms with Gasteiger partial charge in [0.25, 0.3) is 0 Å². The van der Waals surface area contributed by atoms with Gasteiger partial charge in [-0.25, -0.2) is 5.06 Å². The van der Waals surface area contributed by atoms with Gasteiger partial charge < -0.3 is 14.2 Å². The van der Waals surface area contributed by atoms with Gasteiger partial charge in [0.1, 0.15) is 0 Å². The molecular weight excluding hydrogens is 412 g/mol. The number of halogens is 1. The number of carbonyl (C=O) groups is 2. The molecule has 0 aliphatic carbocycles. The van der Waals surface area contributed by atoms with Crippen LogP contribution in [0.1, 0.15) is 31.7 Å². The van der Waals surface area contributed by atoms with E-state index >= 15 is 0 Å². The van der Waals surface area contributed by atoms with Crippen molar-refractivity contribution < 1.29 is 28.6 Å². The molecular formula is C21H29ClN2O6. The van der Waals surface area contributed by atoms with Crippen LogP contribution >= 0.6 is 11.6 Å². The summed E-state index contributed by atoms with van der Waals surface area (Å²) >= 11 is 6.53. The lowest BCUT2D eigenvalue weighted by atomic mass is 9.77. The fourth-order valence-electron chi connectivity index (χ4n) is 4.56. The number of nitrogens with zero attached hydrogens (tertiary/aromatic N) is 2. The fourth-order valence-corrected chi connectivity index (χ4v) is 4.85. The molecule has 2 saturated heterocycles. The Kier molecular flexibility index (Phi) is 7.10. The number of piperidine rings is 1. The highest BCUT2D eigenvalue weighted by molar-refractivity contribution is 6.33. The largest absolute Gasteiger partial charge is 0.493 e. The predicted octanol–water partition coefficient (Wildman–Crippen LogP) is 2.66. The summed E-state index contributed by atoms with van der Waals surface area (Å²) in [6.45, 7) is 4.21. The molecule has 1 aromatic carbocycles. The Morgan fingerprint density at radius 1 is 1.20 bits per heavy atom. The van der Waals surface area contributed by atoms with E-state index in [1.54, 1.807) is 14.2 Å². The van der Waals surface area contributed by atoms with Gasteiger partial charge >= 0.3 is 5.97 Å². The standard InChI is InChI=1S/C21H29ClN2O6/c1-5-30-24-17(25)12-15(20(26)29-4)21(24)8-10-23(11-9-21)13-14-6-7-16(27-2)19(28-3)18(14)22/h6-7,15H,5,8-13H2,1-4H3. The summed E-state index contributed by atoms with van der Waals surface area (Å²) in [5.74, 6) is 0.0559. The average molecular weight is 441 g/mol. The molecule has 2 fully saturated rings. The van der Waals surface area contributed by atoms with Crippen molar-refractivity contribution >= 4 is 23.5 Å². The molecule has 0 radical (unpaired) electrons. The molecule has 0 N–H and O–H groups in total. The molecule has 0 aromatic heterocycles. The second-order valence-electron chi connectivity index (χ2n) is 7.54. The van der Waals surface area contributed by atoms with Crippen LogP contribution in [0.3, 0.4) is 0 Å². The molecule has 2 aliphatic rings. The highest BCUT2D eigenvalue weighted by Gasteiger charge is 2.58. The second kappa shape index (κ2) is 9.41. The molecule has 1 aromatic rings. The lowest BCUT2D eigenvalue weighted by molar-refractivity contribution is -0.221. The van der Waals surface area contributed by atoms with Crippen LogP contribution in [-0.4, -0.2) is 68.4 Å². The molecule has 9 heteroatoms. The van der Waals surface area contributed by atoms with E-state index in [-0.39, 0.29) is 18.3 Å². The normalized spacial score (nSPS) is 21.2. The summed E-state index contributed by atoms with van der Waals surface area (Å²) in [4.78, 5) is 32.9. The lowest BCUT2D eigenvalue weighted by Crippen LogP contribution is -2.57. The highest BCUT2D eigenvalue weighted by Crippen LogP contribution is 2.45. The van der Waals surface area contributed by atoms with Gasteiger partial charge in [-0.3, -0.25) is 19.3 Å². The van der Waals surface area contributed by atoms with Crippen LogP contribution in [0.2, 0.25) is 5.02 Å². The van der Waals surface area contributed by atoms with E-state index in [9.17, 15) is 9.59 Å². The highest BCUT2D eigenvalue weighted by atomic mass is 35.5. The van der Waals surface area contributed by atoms with Crippen molar-refractivity contribution in [2.24, 2.45) is 5.92 Å². The van der Waals surface area contributed by atoms with E-state index in [4.69, 9.17) is 30.6 Å². The zero-order chi connectivity index (χ0) is 21.9. The topological polar surface area (TPSA) is 77.5 Å². The Morgan fingerprint density at radius 3 is 2.47 bits per heavy atom. The van der Waals surface area contributed by atoms with E-state index < -0.39 is 11.5 Å². The second-order valence-corrected chi connectivity index (χ2v) is 7.92. The van der Waals surface area contributed by atoms with Gasteiger partial charge in [0.2, 0.25) is 5.91 Å². The van der Waals surface area contributed by atoms with Crippen molar-refractivity contribution in [2.75, 3.05) is 41.0 Å². The minimum atomic E-state index is -0.669. The number of esters is 1. The van der Waals surface area contributed by atoms with Crippen molar-refractivity contribution in [2.45, 2.75) is 38.3 Å².